The Labute approximate surface area is 374 Å². The van der Waals surface area contributed by atoms with Crippen LogP contribution in [0.25, 0.3) is 0 Å². The van der Waals surface area contributed by atoms with Crippen molar-refractivity contribution in [2.75, 3.05) is 13.2 Å². The van der Waals surface area contributed by atoms with Gasteiger partial charge in [-0.15, -0.1) is 0 Å². The zero-order valence-electron chi connectivity index (χ0n) is 40.9. The molecule has 6 heteroatoms. The topological polar surface area (TPSA) is 78.9 Å². The Balaban J connectivity index is 4.31. The fourth-order valence-corrected chi connectivity index (χ4v) is 8.22. The molecule has 0 fully saturated rings. The average molecular weight is 849 g/mol. The van der Waals surface area contributed by atoms with Gasteiger partial charge in [-0.3, -0.25) is 14.4 Å². The zero-order chi connectivity index (χ0) is 43.8. The second-order valence-corrected chi connectivity index (χ2v) is 19.0. The first-order chi connectivity index (χ1) is 29.4. The lowest BCUT2D eigenvalue weighted by molar-refractivity contribution is -0.167. The molecule has 0 aliphatic rings. The number of rotatable bonds is 49. The van der Waals surface area contributed by atoms with E-state index >= 15 is 0 Å². The smallest absolute Gasteiger partial charge is 0.306 e. The van der Waals surface area contributed by atoms with Crippen LogP contribution in [0.5, 0.6) is 0 Å². The molecule has 0 bridgehead atoms. The summed E-state index contributed by atoms with van der Waals surface area (Å²) in [6.45, 7) is 9.03. The fourth-order valence-electron chi connectivity index (χ4n) is 8.22. The molecule has 0 aromatic rings. The maximum Gasteiger partial charge on any atom is 0.306 e. The summed E-state index contributed by atoms with van der Waals surface area (Å²) in [5.41, 5.74) is 0. The maximum absolute atomic E-state index is 12.8. The van der Waals surface area contributed by atoms with E-state index in [1.165, 1.54) is 199 Å². The van der Waals surface area contributed by atoms with E-state index in [1.54, 1.807) is 0 Å². The van der Waals surface area contributed by atoms with E-state index in [0.717, 1.165) is 63.7 Å². The highest BCUT2D eigenvalue weighted by atomic mass is 16.6. The summed E-state index contributed by atoms with van der Waals surface area (Å²) in [5, 5.41) is 0. The normalized spacial score (nSPS) is 11.9. The zero-order valence-corrected chi connectivity index (χ0v) is 40.9. The standard InChI is InChI=1S/C54H104O6/c1-5-7-9-11-13-15-17-19-20-22-26-31-35-39-43-47-54(57)60-51(48-58-52(55)45-41-37-33-29-25-21-18-16-14-12-10-8-6-2)49-59-53(56)46-42-38-34-30-27-23-24-28-32-36-40-44-50(3)4/h50-51H,5-49H2,1-4H3/t51-/m1/s1. The fraction of sp³-hybridized carbons (Fsp3) is 0.944. The SMILES string of the molecule is CCCCCCCCCCCCCCCCCC(=O)O[C@H](COC(=O)CCCCCCCCCCCCCCC)COC(=O)CCCCCCCCCCCCCC(C)C. The summed E-state index contributed by atoms with van der Waals surface area (Å²) in [6, 6.07) is 0. The third kappa shape index (κ3) is 47.5. The van der Waals surface area contributed by atoms with E-state index in [4.69, 9.17) is 14.2 Å². The second-order valence-electron chi connectivity index (χ2n) is 19.0. The lowest BCUT2D eigenvalue weighted by Crippen LogP contribution is -2.30. The molecule has 0 N–H and O–H groups in total. The summed E-state index contributed by atoms with van der Waals surface area (Å²) in [5.74, 6) is -0.0140. The number of unbranched alkanes of at least 4 members (excludes halogenated alkanes) is 36. The maximum atomic E-state index is 12.8. The Morgan fingerprint density at radius 1 is 0.317 bits per heavy atom. The van der Waals surface area contributed by atoms with E-state index in [2.05, 4.69) is 27.7 Å². The van der Waals surface area contributed by atoms with Gasteiger partial charge in [0.2, 0.25) is 0 Å². The van der Waals surface area contributed by atoms with Crippen LogP contribution < -0.4 is 0 Å². The van der Waals surface area contributed by atoms with Gasteiger partial charge in [-0.2, -0.15) is 0 Å². The van der Waals surface area contributed by atoms with Crippen LogP contribution >= 0.6 is 0 Å². The minimum atomic E-state index is -0.761. The Morgan fingerprint density at radius 2 is 0.550 bits per heavy atom. The van der Waals surface area contributed by atoms with Crippen LogP contribution in [0.3, 0.4) is 0 Å². The van der Waals surface area contributed by atoms with Gasteiger partial charge in [0, 0.05) is 19.3 Å². The molecule has 0 aromatic carbocycles. The van der Waals surface area contributed by atoms with Crippen LogP contribution in [-0.2, 0) is 28.6 Å². The Morgan fingerprint density at radius 3 is 0.817 bits per heavy atom. The Bertz CT molecular complexity index is 903. The third-order valence-corrected chi connectivity index (χ3v) is 12.3. The second kappa shape index (κ2) is 48.4. The lowest BCUT2D eigenvalue weighted by Gasteiger charge is -2.18. The molecule has 0 saturated heterocycles. The largest absolute Gasteiger partial charge is 0.462 e. The van der Waals surface area contributed by atoms with Crippen LogP contribution in [0.1, 0.15) is 304 Å². The summed E-state index contributed by atoms with van der Waals surface area (Å²) < 4.78 is 16.8. The van der Waals surface area contributed by atoms with E-state index in [9.17, 15) is 14.4 Å². The highest BCUT2D eigenvalue weighted by molar-refractivity contribution is 5.71. The van der Waals surface area contributed by atoms with Gasteiger partial charge in [0.15, 0.2) is 6.10 Å². The molecule has 0 aliphatic carbocycles. The number of carbonyl (C=O) groups excluding carboxylic acids is 3. The quantitative estimate of drug-likeness (QED) is 0.0345. The molecule has 0 rings (SSSR count). The molecule has 0 unspecified atom stereocenters. The molecule has 0 aliphatic heterocycles. The van der Waals surface area contributed by atoms with Gasteiger partial charge in [-0.25, -0.2) is 0 Å². The van der Waals surface area contributed by atoms with E-state index in [0.29, 0.717) is 19.3 Å². The highest BCUT2D eigenvalue weighted by Crippen LogP contribution is 2.17. The van der Waals surface area contributed by atoms with Crippen LogP contribution in [-0.4, -0.2) is 37.2 Å². The van der Waals surface area contributed by atoms with Crippen molar-refractivity contribution in [3.63, 3.8) is 0 Å². The molecule has 0 aromatic heterocycles. The lowest BCUT2D eigenvalue weighted by atomic mass is 10.0. The minimum absolute atomic E-state index is 0.0624. The monoisotopic (exact) mass is 849 g/mol. The van der Waals surface area contributed by atoms with Gasteiger partial charge in [0.05, 0.1) is 0 Å². The van der Waals surface area contributed by atoms with E-state index < -0.39 is 6.10 Å². The molecular weight excluding hydrogens is 745 g/mol. The van der Waals surface area contributed by atoms with Gasteiger partial charge in [-0.05, 0) is 25.2 Å². The number of hydrogen-bond donors (Lipinski definition) is 0. The first kappa shape index (κ1) is 58.4. The predicted octanol–water partition coefficient (Wildman–Crippen LogP) is 17.5. The van der Waals surface area contributed by atoms with Crippen molar-refractivity contribution in [3.05, 3.63) is 0 Å². The van der Waals surface area contributed by atoms with Crippen molar-refractivity contribution in [1.29, 1.82) is 0 Å². The van der Waals surface area contributed by atoms with Gasteiger partial charge in [-0.1, -0.05) is 265 Å². The summed E-state index contributed by atoms with van der Waals surface area (Å²) in [6.07, 6.45) is 50.8. The molecular formula is C54H104O6. The summed E-state index contributed by atoms with van der Waals surface area (Å²) in [7, 11) is 0. The first-order valence-corrected chi connectivity index (χ1v) is 26.9. The van der Waals surface area contributed by atoms with Crippen molar-refractivity contribution in [2.24, 2.45) is 5.92 Å². The number of esters is 3. The molecule has 0 radical (unpaired) electrons. The molecule has 0 spiro atoms. The van der Waals surface area contributed by atoms with Crippen LogP contribution in [0.15, 0.2) is 0 Å². The van der Waals surface area contributed by atoms with Gasteiger partial charge < -0.3 is 14.2 Å². The minimum Gasteiger partial charge on any atom is -0.462 e. The van der Waals surface area contributed by atoms with Crippen LogP contribution in [0.4, 0.5) is 0 Å². The van der Waals surface area contributed by atoms with Crippen molar-refractivity contribution in [3.8, 4) is 0 Å². The van der Waals surface area contributed by atoms with Crippen molar-refractivity contribution in [1.82, 2.24) is 0 Å². The predicted molar refractivity (Wildman–Crippen MR) is 257 cm³/mol. The Kier molecular flexibility index (Phi) is 47.2. The molecule has 356 valence electrons. The van der Waals surface area contributed by atoms with Gasteiger partial charge in [0.1, 0.15) is 13.2 Å². The van der Waals surface area contributed by atoms with Gasteiger partial charge >= 0.3 is 17.9 Å². The Hall–Kier alpha value is -1.59. The number of ether oxygens (including phenoxy) is 3. The van der Waals surface area contributed by atoms with E-state index in [-0.39, 0.29) is 31.1 Å². The number of carbonyl (C=O) groups is 3. The van der Waals surface area contributed by atoms with Crippen molar-refractivity contribution in [2.45, 2.75) is 310 Å². The van der Waals surface area contributed by atoms with Crippen LogP contribution in [0, 0.1) is 5.92 Å². The molecule has 1 atom stereocenters. The van der Waals surface area contributed by atoms with Crippen molar-refractivity contribution >= 4 is 17.9 Å². The first-order valence-electron chi connectivity index (χ1n) is 26.9. The third-order valence-electron chi connectivity index (χ3n) is 12.3. The van der Waals surface area contributed by atoms with E-state index in [1.807, 2.05) is 0 Å². The molecule has 0 amide bonds. The number of hydrogen-bond acceptors (Lipinski definition) is 6. The van der Waals surface area contributed by atoms with Crippen molar-refractivity contribution < 1.29 is 28.6 Å². The molecule has 0 saturated carbocycles. The van der Waals surface area contributed by atoms with Crippen LogP contribution in [0.2, 0.25) is 0 Å². The molecule has 6 nitrogen and oxygen atoms in total. The highest BCUT2D eigenvalue weighted by Gasteiger charge is 2.19. The average Bonchev–Trinajstić information content (AvgIpc) is 3.23. The summed E-state index contributed by atoms with van der Waals surface area (Å²) in [4.78, 5) is 38.0. The van der Waals surface area contributed by atoms with Gasteiger partial charge in [0.25, 0.3) is 0 Å². The molecule has 60 heavy (non-hydrogen) atoms. The molecule has 0 heterocycles. The summed E-state index contributed by atoms with van der Waals surface area (Å²) >= 11 is 0.